The predicted octanol–water partition coefficient (Wildman–Crippen LogP) is -0.0454. The number of hydrogen-bond donors (Lipinski definition) is 2. The van der Waals surface area contributed by atoms with Crippen LogP contribution in [0.25, 0.3) is 0 Å². The topological polar surface area (TPSA) is 113 Å². The predicted molar refractivity (Wildman–Crippen MR) is 79.6 cm³/mol. The summed E-state index contributed by atoms with van der Waals surface area (Å²) < 4.78 is 6.67. The molecule has 0 atom stereocenters. The van der Waals surface area contributed by atoms with Crippen molar-refractivity contribution in [2.75, 3.05) is 19.8 Å². The van der Waals surface area contributed by atoms with Crippen LogP contribution in [0.1, 0.15) is 33.7 Å². The van der Waals surface area contributed by atoms with E-state index >= 15 is 0 Å². The number of H-pyrrole nitrogens is 1. The van der Waals surface area contributed by atoms with Crippen LogP contribution in [0.15, 0.2) is 18.7 Å². The van der Waals surface area contributed by atoms with E-state index in [1.807, 2.05) is 7.05 Å². The molecule has 23 heavy (non-hydrogen) atoms. The Morgan fingerprint density at radius 1 is 1.43 bits per heavy atom. The van der Waals surface area contributed by atoms with Gasteiger partial charge in [-0.2, -0.15) is 0 Å². The number of aromatic nitrogens is 4. The minimum Gasteiger partial charge on any atom is -0.461 e. The highest BCUT2D eigenvalue weighted by atomic mass is 16.5. The number of amides is 1. The Bertz CT molecular complexity index is 678. The first kappa shape index (κ1) is 16.7. The van der Waals surface area contributed by atoms with E-state index in [2.05, 4.69) is 15.0 Å². The fourth-order valence-corrected chi connectivity index (χ4v) is 2.06. The molecule has 0 aliphatic rings. The molecular weight excluding hydrogens is 302 g/mol. The molecule has 0 aliphatic heterocycles. The molecule has 0 saturated heterocycles. The van der Waals surface area contributed by atoms with Gasteiger partial charge in [-0.3, -0.25) is 4.79 Å². The molecule has 0 radical (unpaired) electrons. The molecule has 0 aromatic carbocycles. The van der Waals surface area contributed by atoms with Gasteiger partial charge >= 0.3 is 5.97 Å². The molecule has 0 spiro atoms. The van der Waals surface area contributed by atoms with E-state index in [1.165, 1.54) is 11.2 Å². The third kappa shape index (κ3) is 3.75. The number of aliphatic hydroxyl groups is 1. The van der Waals surface area contributed by atoms with Gasteiger partial charge < -0.3 is 24.3 Å². The van der Waals surface area contributed by atoms with E-state index in [0.717, 1.165) is 0 Å². The number of nitrogens with one attached hydrogen (secondary N) is 1. The van der Waals surface area contributed by atoms with Crippen molar-refractivity contribution in [2.24, 2.45) is 7.05 Å². The van der Waals surface area contributed by atoms with E-state index in [9.17, 15) is 14.7 Å². The number of aromatic amines is 1. The lowest BCUT2D eigenvalue weighted by molar-refractivity contribution is 0.0510. The SMILES string of the molecule is CCOC(=O)c1[nH]cnc1C(=O)N(CCO)Cc1nccn1C. The van der Waals surface area contributed by atoms with Gasteiger partial charge in [0, 0.05) is 26.0 Å². The summed E-state index contributed by atoms with van der Waals surface area (Å²) >= 11 is 0. The molecule has 0 saturated carbocycles. The fourth-order valence-electron chi connectivity index (χ4n) is 2.06. The number of ether oxygens (including phenoxy) is 1. The second-order valence-electron chi connectivity index (χ2n) is 4.75. The molecule has 2 rings (SSSR count). The molecule has 124 valence electrons. The number of carbonyl (C=O) groups is 2. The highest BCUT2D eigenvalue weighted by Crippen LogP contribution is 2.11. The quantitative estimate of drug-likeness (QED) is 0.692. The number of imidazole rings is 2. The van der Waals surface area contributed by atoms with Crippen molar-refractivity contribution >= 4 is 11.9 Å². The first-order valence-corrected chi connectivity index (χ1v) is 7.15. The zero-order valence-corrected chi connectivity index (χ0v) is 13.0. The van der Waals surface area contributed by atoms with E-state index < -0.39 is 11.9 Å². The molecule has 0 aliphatic carbocycles. The summed E-state index contributed by atoms with van der Waals surface area (Å²) in [5.41, 5.74) is -0.0364. The summed E-state index contributed by atoms with van der Waals surface area (Å²) in [4.78, 5) is 36.6. The van der Waals surface area contributed by atoms with Gasteiger partial charge in [0.15, 0.2) is 11.4 Å². The third-order valence-electron chi connectivity index (χ3n) is 3.23. The van der Waals surface area contributed by atoms with Crippen LogP contribution in [-0.4, -0.2) is 61.2 Å². The number of carbonyl (C=O) groups excluding carboxylic acids is 2. The Labute approximate surface area is 132 Å². The minimum absolute atomic E-state index is 0.000342. The Hall–Kier alpha value is -2.68. The van der Waals surface area contributed by atoms with Crippen LogP contribution < -0.4 is 0 Å². The maximum Gasteiger partial charge on any atom is 0.357 e. The zero-order valence-electron chi connectivity index (χ0n) is 13.0. The highest BCUT2D eigenvalue weighted by molar-refractivity contribution is 6.02. The lowest BCUT2D eigenvalue weighted by Gasteiger charge is -2.20. The van der Waals surface area contributed by atoms with Crippen molar-refractivity contribution in [1.82, 2.24) is 24.4 Å². The average molecular weight is 321 g/mol. The molecule has 2 aromatic heterocycles. The first-order chi connectivity index (χ1) is 11.1. The van der Waals surface area contributed by atoms with Crippen LogP contribution in [0.2, 0.25) is 0 Å². The summed E-state index contributed by atoms with van der Waals surface area (Å²) in [5.74, 6) is -0.472. The molecule has 2 N–H and O–H groups in total. The number of esters is 1. The maximum absolute atomic E-state index is 12.7. The smallest absolute Gasteiger partial charge is 0.357 e. The molecule has 0 fully saturated rings. The number of aryl methyl sites for hydroxylation is 1. The zero-order chi connectivity index (χ0) is 16.8. The molecule has 1 amide bonds. The molecule has 9 nitrogen and oxygen atoms in total. The maximum atomic E-state index is 12.7. The van der Waals surface area contributed by atoms with Crippen LogP contribution >= 0.6 is 0 Å². The van der Waals surface area contributed by atoms with Crippen LogP contribution in [0.4, 0.5) is 0 Å². The van der Waals surface area contributed by atoms with Crippen LogP contribution in [-0.2, 0) is 18.3 Å². The van der Waals surface area contributed by atoms with E-state index in [4.69, 9.17) is 4.74 Å². The summed E-state index contributed by atoms with van der Waals surface area (Å²) in [5, 5.41) is 9.20. The van der Waals surface area contributed by atoms with E-state index in [0.29, 0.717) is 5.82 Å². The monoisotopic (exact) mass is 321 g/mol. The van der Waals surface area contributed by atoms with Gasteiger partial charge in [0.05, 0.1) is 26.1 Å². The largest absolute Gasteiger partial charge is 0.461 e. The number of rotatable bonds is 7. The lowest BCUT2D eigenvalue weighted by Crippen LogP contribution is -2.35. The van der Waals surface area contributed by atoms with E-state index in [-0.39, 0.29) is 37.7 Å². The van der Waals surface area contributed by atoms with E-state index in [1.54, 1.807) is 23.9 Å². The molecular formula is C14H19N5O4. The molecule has 2 aromatic rings. The Morgan fingerprint density at radius 3 is 2.83 bits per heavy atom. The summed E-state index contributed by atoms with van der Waals surface area (Å²) in [6.07, 6.45) is 4.64. The summed E-state index contributed by atoms with van der Waals surface area (Å²) in [6.45, 7) is 1.95. The van der Waals surface area contributed by atoms with Crippen molar-refractivity contribution in [3.05, 3.63) is 35.9 Å². The highest BCUT2D eigenvalue weighted by Gasteiger charge is 2.26. The average Bonchev–Trinajstić information content (AvgIpc) is 3.16. The van der Waals surface area contributed by atoms with Crippen molar-refractivity contribution in [1.29, 1.82) is 0 Å². The number of nitrogens with zero attached hydrogens (tertiary/aromatic N) is 4. The molecule has 2 heterocycles. The minimum atomic E-state index is -0.644. The standard InChI is InChI=1S/C14H19N5O4/c1-3-23-14(22)12-11(16-9-17-12)13(21)19(6-7-20)8-10-15-4-5-18(10)2/h4-5,9,20H,3,6-8H2,1-2H3,(H,16,17). The van der Waals surface area contributed by atoms with Gasteiger partial charge in [0.2, 0.25) is 0 Å². The van der Waals surface area contributed by atoms with Gasteiger partial charge in [0.1, 0.15) is 5.82 Å². The van der Waals surface area contributed by atoms with Crippen LogP contribution in [0.3, 0.4) is 0 Å². The number of aliphatic hydroxyl groups excluding tert-OH is 1. The lowest BCUT2D eigenvalue weighted by atomic mass is 10.2. The second-order valence-corrected chi connectivity index (χ2v) is 4.75. The van der Waals surface area contributed by atoms with Crippen molar-refractivity contribution in [3.63, 3.8) is 0 Å². The second kappa shape index (κ2) is 7.54. The van der Waals surface area contributed by atoms with Crippen molar-refractivity contribution in [3.8, 4) is 0 Å². The summed E-state index contributed by atoms with van der Waals surface area (Å²) in [7, 11) is 1.81. The summed E-state index contributed by atoms with van der Waals surface area (Å²) in [6, 6.07) is 0. The fraction of sp³-hybridized carbons (Fsp3) is 0.429. The van der Waals surface area contributed by atoms with Crippen molar-refractivity contribution in [2.45, 2.75) is 13.5 Å². The van der Waals surface area contributed by atoms with Gasteiger partial charge in [-0.05, 0) is 6.92 Å². The van der Waals surface area contributed by atoms with Crippen molar-refractivity contribution < 1.29 is 19.4 Å². The molecule has 0 unspecified atom stereocenters. The molecule has 0 bridgehead atoms. The van der Waals surface area contributed by atoms with Crippen LogP contribution in [0.5, 0.6) is 0 Å². The van der Waals surface area contributed by atoms with Gasteiger partial charge in [-0.15, -0.1) is 0 Å². The number of hydrogen-bond acceptors (Lipinski definition) is 6. The van der Waals surface area contributed by atoms with Gasteiger partial charge in [0.25, 0.3) is 5.91 Å². The Kier molecular flexibility index (Phi) is 5.47. The van der Waals surface area contributed by atoms with Crippen LogP contribution in [0, 0.1) is 0 Å². The Morgan fingerprint density at radius 2 is 2.22 bits per heavy atom. The van der Waals surface area contributed by atoms with Gasteiger partial charge in [-0.1, -0.05) is 0 Å². The third-order valence-corrected chi connectivity index (χ3v) is 3.23. The van der Waals surface area contributed by atoms with Gasteiger partial charge in [-0.25, -0.2) is 14.8 Å². The first-order valence-electron chi connectivity index (χ1n) is 7.15. The molecule has 9 heteroatoms. The Balaban J connectivity index is 2.23. The normalized spacial score (nSPS) is 10.6.